The molecule has 2 spiro atoms. The van der Waals surface area contributed by atoms with Gasteiger partial charge >= 0.3 is 12.2 Å². The number of amides is 4. The van der Waals surface area contributed by atoms with Crippen LogP contribution in [0.5, 0.6) is 0 Å². The maximum atomic E-state index is 13.4. The highest BCUT2D eigenvalue weighted by atomic mass is 16.6. The fraction of sp³-hybridized carbons (Fsp3) is 0.436. The minimum Gasteiger partial charge on any atom is -0.453 e. The van der Waals surface area contributed by atoms with Gasteiger partial charge in [0.25, 0.3) is 5.91 Å². The van der Waals surface area contributed by atoms with Gasteiger partial charge in [0.2, 0.25) is 5.91 Å². The summed E-state index contributed by atoms with van der Waals surface area (Å²) in [4.78, 5) is 69.6. The van der Waals surface area contributed by atoms with Crippen LogP contribution < -0.4 is 11.1 Å². The molecule has 2 aromatic carbocycles. The quantitative estimate of drug-likeness (QED) is 0.175. The van der Waals surface area contributed by atoms with E-state index in [4.69, 9.17) is 20.2 Å². The Morgan fingerprint density at radius 2 is 1.19 bits per heavy atom. The molecule has 2 saturated heterocycles. The van der Waals surface area contributed by atoms with E-state index in [0.29, 0.717) is 13.1 Å². The molecule has 4 fully saturated rings. The highest BCUT2D eigenvalue weighted by Gasteiger charge is 2.56. The fourth-order valence-corrected chi connectivity index (χ4v) is 8.14. The van der Waals surface area contributed by atoms with E-state index in [1.165, 1.54) is 7.11 Å². The van der Waals surface area contributed by atoms with Gasteiger partial charge in [-0.25, -0.2) is 19.6 Å². The van der Waals surface area contributed by atoms with E-state index >= 15 is 0 Å². The van der Waals surface area contributed by atoms with Crippen molar-refractivity contribution in [2.45, 2.75) is 76.6 Å². The van der Waals surface area contributed by atoms with E-state index in [1.54, 1.807) is 24.9 Å². The van der Waals surface area contributed by atoms with E-state index < -0.39 is 24.3 Å². The number of nitrogens with zero attached hydrogens (tertiary/aromatic N) is 4. The van der Waals surface area contributed by atoms with Gasteiger partial charge < -0.3 is 40.3 Å². The standard InChI is InChI=1S/C39H44N8O6/c1-22(43-37(51)52-3)34(48)46-20-38(12-13-38)16-30(46)32-41-18-28(44-32)26-8-4-24(5-9-26)25-6-10-27(11-7-25)29-19-42-33(45-29)31-17-39(14-15-39)21-47(31)35(49)23(2)53-36(40)50/h4-11,18-19,22-23,30-31H,12-17,20-21H2,1-3H3,(H2,40,50)(H,41,44)(H,42,45)(H,43,51)/t22-,23-,30-,31-/m0/s1. The lowest BCUT2D eigenvalue weighted by molar-refractivity contribution is -0.140. The van der Waals surface area contributed by atoms with Gasteiger partial charge in [-0.05, 0) is 85.5 Å². The summed E-state index contributed by atoms with van der Waals surface area (Å²) in [6.07, 6.45) is 7.03. The minimum atomic E-state index is -0.967. The lowest BCUT2D eigenvalue weighted by Gasteiger charge is -2.26. The molecule has 8 rings (SSSR count). The molecule has 53 heavy (non-hydrogen) atoms. The number of rotatable bonds is 9. The number of likely N-dealkylation sites (tertiary alicyclic amines) is 2. The number of methoxy groups -OCH3 is 1. The van der Waals surface area contributed by atoms with Gasteiger partial charge in [-0.3, -0.25) is 9.59 Å². The second kappa shape index (κ2) is 13.1. The van der Waals surface area contributed by atoms with Gasteiger partial charge in [0.05, 0.1) is 43.0 Å². The Hall–Kier alpha value is -5.66. The summed E-state index contributed by atoms with van der Waals surface area (Å²) in [6, 6.07) is 15.4. The summed E-state index contributed by atoms with van der Waals surface area (Å²) >= 11 is 0. The second-order valence-electron chi connectivity index (χ2n) is 15.3. The van der Waals surface area contributed by atoms with Crippen molar-refractivity contribution in [3.63, 3.8) is 0 Å². The first-order valence-corrected chi connectivity index (χ1v) is 18.2. The lowest BCUT2D eigenvalue weighted by atomic mass is 10.0. The van der Waals surface area contributed by atoms with Crippen molar-refractivity contribution in [3.8, 4) is 33.6 Å². The number of aromatic amines is 2. The predicted octanol–water partition coefficient (Wildman–Crippen LogP) is 5.47. The third kappa shape index (κ3) is 6.73. The zero-order valence-corrected chi connectivity index (χ0v) is 30.1. The highest BCUT2D eigenvalue weighted by molar-refractivity contribution is 5.86. The molecular weight excluding hydrogens is 676 g/mol. The van der Waals surface area contributed by atoms with Crippen molar-refractivity contribution in [2.24, 2.45) is 16.6 Å². The molecule has 2 aliphatic carbocycles. The molecule has 2 aliphatic heterocycles. The van der Waals surface area contributed by atoms with Crippen LogP contribution >= 0.6 is 0 Å². The van der Waals surface area contributed by atoms with Crippen molar-refractivity contribution in [1.82, 2.24) is 35.1 Å². The molecule has 276 valence electrons. The second-order valence-corrected chi connectivity index (χ2v) is 15.3. The molecule has 14 heteroatoms. The molecule has 0 unspecified atom stereocenters. The Kier molecular flexibility index (Phi) is 8.50. The summed E-state index contributed by atoms with van der Waals surface area (Å²) in [7, 11) is 1.28. The van der Waals surface area contributed by atoms with Gasteiger partial charge in [-0.15, -0.1) is 0 Å². The van der Waals surface area contributed by atoms with Crippen molar-refractivity contribution >= 4 is 24.0 Å². The van der Waals surface area contributed by atoms with Gasteiger partial charge in [-0.1, -0.05) is 48.5 Å². The van der Waals surface area contributed by atoms with E-state index in [-0.39, 0.29) is 34.7 Å². The number of nitrogens with two attached hydrogens (primary N) is 1. The molecule has 2 aromatic heterocycles. The Balaban J connectivity index is 0.937. The van der Waals surface area contributed by atoms with Crippen LogP contribution in [0.25, 0.3) is 33.6 Å². The van der Waals surface area contributed by atoms with Crippen molar-refractivity contribution in [2.75, 3.05) is 20.2 Å². The number of benzene rings is 2. The number of hydrogen-bond donors (Lipinski definition) is 4. The van der Waals surface area contributed by atoms with Crippen LogP contribution in [-0.4, -0.2) is 86.1 Å². The van der Waals surface area contributed by atoms with Crippen LogP contribution in [0.3, 0.4) is 0 Å². The minimum absolute atomic E-state index is 0.109. The number of primary amides is 1. The molecule has 0 bridgehead atoms. The smallest absolute Gasteiger partial charge is 0.407 e. The van der Waals surface area contributed by atoms with Gasteiger partial charge in [0, 0.05) is 13.1 Å². The summed E-state index contributed by atoms with van der Waals surface area (Å²) in [5, 5.41) is 2.60. The lowest BCUT2D eigenvalue weighted by Crippen LogP contribution is -2.47. The number of carbonyl (C=O) groups is 4. The molecule has 4 aromatic rings. The molecule has 4 aliphatic rings. The van der Waals surface area contributed by atoms with E-state index in [9.17, 15) is 19.2 Å². The zero-order chi connectivity index (χ0) is 37.1. The molecule has 4 atom stereocenters. The number of aromatic nitrogens is 4. The van der Waals surface area contributed by atoms with Crippen molar-refractivity contribution in [3.05, 3.63) is 72.6 Å². The third-order valence-electron chi connectivity index (χ3n) is 11.6. The number of H-pyrrole nitrogens is 2. The summed E-state index contributed by atoms with van der Waals surface area (Å²) in [6.45, 7) is 4.50. The van der Waals surface area contributed by atoms with E-state index in [2.05, 4.69) is 56.7 Å². The van der Waals surface area contributed by atoms with Crippen LogP contribution in [0.15, 0.2) is 60.9 Å². The number of carbonyl (C=O) groups excluding carboxylic acids is 4. The predicted molar refractivity (Wildman–Crippen MR) is 194 cm³/mol. The number of nitrogens with one attached hydrogen (secondary N) is 3. The number of imidazole rings is 2. The first-order valence-electron chi connectivity index (χ1n) is 18.2. The average molecular weight is 721 g/mol. The van der Waals surface area contributed by atoms with Gasteiger partial charge in [0.15, 0.2) is 6.10 Å². The fourth-order valence-electron chi connectivity index (χ4n) is 8.14. The molecule has 4 amide bonds. The van der Waals surface area contributed by atoms with Gasteiger partial charge in [-0.2, -0.15) is 0 Å². The number of alkyl carbamates (subject to hydrolysis) is 1. The van der Waals surface area contributed by atoms with E-state index in [1.807, 2.05) is 23.2 Å². The van der Waals surface area contributed by atoms with Crippen molar-refractivity contribution < 1.29 is 28.7 Å². The topological polar surface area (TPSA) is 189 Å². The van der Waals surface area contributed by atoms with Crippen LogP contribution in [-0.2, 0) is 19.1 Å². The van der Waals surface area contributed by atoms with Crippen LogP contribution in [0, 0.1) is 10.8 Å². The van der Waals surface area contributed by atoms with Crippen LogP contribution in [0.2, 0.25) is 0 Å². The monoisotopic (exact) mass is 720 g/mol. The maximum Gasteiger partial charge on any atom is 0.407 e. The molecular formula is C39H44N8O6. The maximum absolute atomic E-state index is 13.4. The zero-order valence-electron chi connectivity index (χ0n) is 30.1. The number of ether oxygens (including phenoxy) is 2. The Labute approximate surface area is 306 Å². The Bertz CT molecular complexity index is 2050. The molecule has 2 saturated carbocycles. The van der Waals surface area contributed by atoms with Crippen LogP contribution in [0.4, 0.5) is 9.59 Å². The first kappa shape index (κ1) is 34.4. The normalized spacial score (nSPS) is 21.7. The molecule has 0 radical (unpaired) electrons. The number of hydrogen-bond acceptors (Lipinski definition) is 8. The largest absolute Gasteiger partial charge is 0.453 e. The SMILES string of the molecule is COC(=O)N[C@@H](C)C(=O)N1CC2(CC2)C[C@H]1c1ncc(-c2ccc(-c3ccc(-c4cnc([C@@H]5CC6(CC6)CN5C(=O)[C@H](C)OC(N)=O)[nH]4)cc3)cc2)[nH]1. The average Bonchev–Trinajstić information content (AvgIpc) is 3.74. The molecule has 4 heterocycles. The molecule has 5 N–H and O–H groups in total. The van der Waals surface area contributed by atoms with Crippen LogP contribution in [0.1, 0.15) is 76.1 Å². The summed E-state index contributed by atoms with van der Waals surface area (Å²) in [5.41, 5.74) is 11.2. The Morgan fingerprint density at radius 3 is 1.60 bits per heavy atom. The van der Waals surface area contributed by atoms with Gasteiger partial charge in [0.1, 0.15) is 17.7 Å². The third-order valence-corrected chi connectivity index (χ3v) is 11.6. The highest BCUT2D eigenvalue weighted by Crippen LogP contribution is 2.59. The van der Waals surface area contributed by atoms with Crippen molar-refractivity contribution in [1.29, 1.82) is 0 Å². The molecule has 14 nitrogen and oxygen atoms in total. The summed E-state index contributed by atoms with van der Waals surface area (Å²) < 4.78 is 9.68. The summed E-state index contributed by atoms with van der Waals surface area (Å²) in [5.74, 6) is 1.05. The Morgan fingerprint density at radius 1 is 0.755 bits per heavy atom. The first-order chi connectivity index (χ1) is 25.4. The van der Waals surface area contributed by atoms with E-state index in [0.717, 1.165) is 83.8 Å².